The minimum Gasteiger partial charge on any atom is -0.453 e. The average molecular weight is 531 g/mol. The monoisotopic (exact) mass is 530 g/mol. The number of amides is 2. The molecule has 37 heavy (non-hydrogen) atoms. The van der Waals surface area contributed by atoms with Crippen molar-refractivity contribution in [2.45, 2.75) is 63.0 Å². The molecule has 1 aliphatic carbocycles. The second-order valence-corrected chi connectivity index (χ2v) is 9.82. The maximum atomic E-state index is 13.1. The van der Waals surface area contributed by atoms with Gasteiger partial charge in [-0.25, -0.2) is 4.79 Å². The number of halogens is 3. The van der Waals surface area contributed by atoms with Crippen LogP contribution in [-0.2, 0) is 38.1 Å². The fourth-order valence-electron chi connectivity index (χ4n) is 5.00. The standard InChI is InChI=1S/C21H28F3N3O3.C4H9NO2/c1-29-19-12-30-7-5-18(19)26-16-3-2-13(9-16)20(28)27-6-4-17-14(11-27)8-15(10-25-17)21(22,23)24;1-5(2)4(6)7-3/h8,10,13,16,18-19,26H,2-7,9,11-12H2,1H3;1-3H3. The smallest absolute Gasteiger partial charge is 0.417 e. The highest BCUT2D eigenvalue weighted by Crippen LogP contribution is 2.33. The van der Waals surface area contributed by atoms with Crippen LogP contribution in [0.25, 0.3) is 0 Å². The van der Waals surface area contributed by atoms with E-state index in [1.165, 1.54) is 12.0 Å². The van der Waals surface area contributed by atoms with Crippen molar-refractivity contribution < 1.29 is 37.0 Å². The normalized spacial score (nSPS) is 25.5. The van der Waals surface area contributed by atoms with Gasteiger partial charge in [0.1, 0.15) is 0 Å². The van der Waals surface area contributed by atoms with Gasteiger partial charge < -0.3 is 29.3 Å². The van der Waals surface area contributed by atoms with Gasteiger partial charge in [-0.2, -0.15) is 13.2 Å². The maximum Gasteiger partial charge on any atom is 0.417 e. The van der Waals surface area contributed by atoms with E-state index in [0.29, 0.717) is 37.4 Å². The number of ether oxygens (including phenoxy) is 3. The summed E-state index contributed by atoms with van der Waals surface area (Å²) in [6.07, 6.45) is -0.0264. The van der Waals surface area contributed by atoms with Crippen molar-refractivity contribution >= 4 is 12.0 Å². The molecule has 4 atom stereocenters. The number of carbonyl (C=O) groups excluding carboxylic acids is 2. The van der Waals surface area contributed by atoms with Gasteiger partial charge in [0.15, 0.2) is 0 Å². The molecule has 0 bridgehead atoms. The third-order valence-electron chi connectivity index (χ3n) is 7.06. The second-order valence-electron chi connectivity index (χ2n) is 9.82. The molecule has 4 unspecified atom stereocenters. The zero-order chi connectivity index (χ0) is 27.2. The van der Waals surface area contributed by atoms with Gasteiger partial charge in [-0.05, 0) is 37.3 Å². The number of rotatable bonds is 4. The van der Waals surface area contributed by atoms with E-state index in [-0.39, 0.29) is 42.7 Å². The summed E-state index contributed by atoms with van der Waals surface area (Å²) in [4.78, 5) is 30.3. The summed E-state index contributed by atoms with van der Waals surface area (Å²) < 4.78 is 54.3. The molecule has 1 saturated carbocycles. The molecule has 0 aromatic carbocycles. The molecule has 4 rings (SSSR count). The van der Waals surface area contributed by atoms with Gasteiger partial charge in [-0.1, -0.05) is 0 Å². The number of nitrogens with zero attached hydrogens (tertiary/aromatic N) is 3. The number of hydrogen-bond acceptors (Lipinski definition) is 7. The van der Waals surface area contributed by atoms with E-state index in [4.69, 9.17) is 9.47 Å². The van der Waals surface area contributed by atoms with E-state index < -0.39 is 11.7 Å². The van der Waals surface area contributed by atoms with Crippen molar-refractivity contribution in [1.82, 2.24) is 20.1 Å². The average Bonchev–Trinajstić information content (AvgIpc) is 3.35. The molecule has 2 aliphatic heterocycles. The first-order valence-corrected chi connectivity index (χ1v) is 12.5. The van der Waals surface area contributed by atoms with Gasteiger partial charge in [0.25, 0.3) is 0 Å². The predicted octanol–water partition coefficient (Wildman–Crippen LogP) is 2.86. The minimum absolute atomic E-state index is 0.0161. The molecule has 12 heteroatoms. The van der Waals surface area contributed by atoms with Crippen LogP contribution in [0.5, 0.6) is 0 Å². The molecule has 1 saturated heterocycles. The van der Waals surface area contributed by atoms with Crippen molar-refractivity contribution in [2.75, 3.05) is 48.1 Å². The maximum absolute atomic E-state index is 13.1. The number of nitrogens with one attached hydrogen (secondary N) is 1. The van der Waals surface area contributed by atoms with Crippen LogP contribution < -0.4 is 5.32 Å². The van der Waals surface area contributed by atoms with Crippen molar-refractivity contribution in [3.05, 3.63) is 29.1 Å². The Bertz CT molecular complexity index is 930. The van der Waals surface area contributed by atoms with E-state index >= 15 is 0 Å². The van der Waals surface area contributed by atoms with Crippen LogP contribution in [0.15, 0.2) is 12.3 Å². The van der Waals surface area contributed by atoms with Crippen LogP contribution in [0.2, 0.25) is 0 Å². The van der Waals surface area contributed by atoms with Crippen molar-refractivity contribution in [1.29, 1.82) is 0 Å². The highest BCUT2D eigenvalue weighted by molar-refractivity contribution is 5.79. The van der Waals surface area contributed by atoms with Gasteiger partial charge in [0, 0.05) is 77.2 Å². The van der Waals surface area contributed by atoms with Gasteiger partial charge in [-0.3, -0.25) is 9.78 Å². The fourth-order valence-corrected chi connectivity index (χ4v) is 5.00. The summed E-state index contributed by atoms with van der Waals surface area (Å²) in [6, 6.07) is 1.60. The van der Waals surface area contributed by atoms with Crippen LogP contribution in [0.1, 0.15) is 42.5 Å². The SMILES string of the molecule is COC(=O)N(C)C.COC1COCCC1NC1CCC(C(=O)N2CCc3ncc(C(F)(F)F)cc3C2)C1. The summed E-state index contributed by atoms with van der Waals surface area (Å²) in [5.41, 5.74) is 0.398. The van der Waals surface area contributed by atoms with Crippen LogP contribution in [-0.4, -0.2) is 93.0 Å². The molecule has 3 aliphatic rings. The molecule has 208 valence electrons. The lowest BCUT2D eigenvalue weighted by Crippen LogP contribution is -2.50. The number of alkyl halides is 3. The Kier molecular flexibility index (Phi) is 10.1. The number of aromatic nitrogens is 1. The van der Waals surface area contributed by atoms with E-state index in [0.717, 1.165) is 37.9 Å². The fraction of sp³-hybridized carbons (Fsp3) is 0.720. The largest absolute Gasteiger partial charge is 0.453 e. The molecule has 0 spiro atoms. The molecule has 1 N–H and O–H groups in total. The summed E-state index contributed by atoms with van der Waals surface area (Å²) >= 11 is 0. The van der Waals surface area contributed by atoms with Gasteiger partial charge in [0.2, 0.25) is 5.91 Å². The Hall–Kier alpha value is -2.44. The van der Waals surface area contributed by atoms with Crippen LogP contribution in [0.4, 0.5) is 18.0 Å². The molecule has 0 radical (unpaired) electrons. The molecule has 1 aromatic rings. The summed E-state index contributed by atoms with van der Waals surface area (Å²) in [6.45, 7) is 1.98. The Balaban J connectivity index is 0.000000479. The highest BCUT2D eigenvalue weighted by atomic mass is 19.4. The van der Waals surface area contributed by atoms with Crippen molar-refractivity contribution in [2.24, 2.45) is 5.92 Å². The van der Waals surface area contributed by atoms with Crippen LogP contribution in [0.3, 0.4) is 0 Å². The van der Waals surface area contributed by atoms with E-state index in [9.17, 15) is 22.8 Å². The lowest BCUT2D eigenvalue weighted by atomic mass is 10.00. The Morgan fingerprint density at radius 3 is 2.59 bits per heavy atom. The number of hydrogen-bond donors (Lipinski definition) is 1. The minimum atomic E-state index is -4.43. The van der Waals surface area contributed by atoms with E-state index in [2.05, 4.69) is 15.0 Å². The first kappa shape index (κ1) is 29.1. The third kappa shape index (κ3) is 7.78. The summed E-state index contributed by atoms with van der Waals surface area (Å²) in [5.74, 6) is -0.0544. The second kappa shape index (κ2) is 12.9. The number of methoxy groups -OCH3 is 2. The van der Waals surface area contributed by atoms with Crippen molar-refractivity contribution in [3.8, 4) is 0 Å². The first-order chi connectivity index (χ1) is 17.5. The summed E-state index contributed by atoms with van der Waals surface area (Å²) in [7, 11) is 6.29. The molecule has 2 amide bonds. The van der Waals surface area contributed by atoms with Crippen LogP contribution in [0, 0.1) is 5.92 Å². The van der Waals surface area contributed by atoms with Crippen molar-refractivity contribution in [3.63, 3.8) is 0 Å². The molecule has 3 heterocycles. The first-order valence-electron chi connectivity index (χ1n) is 12.5. The Labute approximate surface area is 215 Å². The lowest BCUT2D eigenvalue weighted by Gasteiger charge is -2.33. The van der Waals surface area contributed by atoms with E-state index in [1.54, 1.807) is 26.1 Å². The Morgan fingerprint density at radius 2 is 1.97 bits per heavy atom. The zero-order valence-corrected chi connectivity index (χ0v) is 21.8. The Morgan fingerprint density at radius 1 is 1.22 bits per heavy atom. The number of fused-ring (bicyclic) bond motifs is 1. The third-order valence-corrected chi connectivity index (χ3v) is 7.06. The predicted molar refractivity (Wildman–Crippen MR) is 129 cm³/mol. The summed E-state index contributed by atoms with van der Waals surface area (Å²) in [5, 5.41) is 3.64. The molecule has 1 aromatic heterocycles. The molecular formula is C25H37F3N4O5. The topological polar surface area (TPSA) is 93.2 Å². The number of pyridine rings is 1. The quantitative estimate of drug-likeness (QED) is 0.640. The number of carbonyl (C=O) groups is 2. The lowest BCUT2D eigenvalue weighted by molar-refractivity contribution is -0.138. The van der Waals surface area contributed by atoms with Gasteiger partial charge in [0.05, 0.1) is 25.4 Å². The van der Waals surface area contributed by atoms with Crippen LogP contribution >= 0.6 is 0 Å². The zero-order valence-electron chi connectivity index (χ0n) is 21.8. The molecule has 9 nitrogen and oxygen atoms in total. The van der Waals surface area contributed by atoms with Gasteiger partial charge >= 0.3 is 12.3 Å². The van der Waals surface area contributed by atoms with Gasteiger partial charge in [-0.15, -0.1) is 0 Å². The molecular weight excluding hydrogens is 493 g/mol. The van der Waals surface area contributed by atoms with E-state index in [1.807, 2.05) is 0 Å². The molecule has 2 fully saturated rings. The highest BCUT2D eigenvalue weighted by Gasteiger charge is 2.37.